The van der Waals surface area contributed by atoms with Crippen LogP contribution in [0.4, 0.5) is 5.69 Å². The molecule has 1 aromatic carbocycles. The quantitative estimate of drug-likeness (QED) is 0.598. The van der Waals surface area contributed by atoms with Gasteiger partial charge in [0.1, 0.15) is 6.54 Å². The predicted molar refractivity (Wildman–Crippen MR) is 60.9 cm³/mol. The highest BCUT2D eigenvalue weighted by atomic mass is 16.4. The fraction of sp³-hybridized carbons (Fsp3) is 0.100. The van der Waals surface area contributed by atoms with Gasteiger partial charge < -0.3 is 15.8 Å². The molecule has 0 aliphatic carbocycles. The summed E-state index contributed by atoms with van der Waals surface area (Å²) in [6, 6.07) is 4.43. The fourth-order valence-electron chi connectivity index (χ4n) is 1.55. The second kappa shape index (κ2) is 3.78. The number of rotatable bonds is 2. The third kappa shape index (κ3) is 1.89. The van der Waals surface area contributed by atoms with Crippen LogP contribution in [0.5, 0.6) is 0 Å². The number of hydrogen-bond donors (Lipinski definition) is 3. The summed E-state index contributed by atoms with van der Waals surface area (Å²) in [5.41, 5.74) is 4.80. The summed E-state index contributed by atoms with van der Waals surface area (Å²) in [6.07, 6.45) is 0. The van der Waals surface area contributed by atoms with Crippen molar-refractivity contribution in [3.05, 3.63) is 39.0 Å². The van der Waals surface area contributed by atoms with Gasteiger partial charge in [-0.15, -0.1) is 0 Å². The van der Waals surface area contributed by atoms with Crippen molar-refractivity contribution >= 4 is 22.6 Å². The van der Waals surface area contributed by atoms with E-state index < -0.39 is 23.8 Å². The maximum absolute atomic E-state index is 11.9. The fourth-order valence-corrected chi connectivity index (χ4v) is 1.55. The van der Waals surface area contributed by atoms with Crippen LogP contribution in [0.25, 0.3) is 10.9 Å². The maximum Gasteiger partial charge on any atom is 0.329 e. The van der Waals surface area contributed by atoms with Crippen LogP contribution >= 0.6 is 0 Å². The minimum absolute atomic E-state index is 0.186. The van der Waals surface area contributed by atoms with Crippen LogP contribution in [-0.2, 0) is 11.3 Å². The molecule has 0 spiro atoms. The van der Waals surface area contributed by atoms with Gasteiger partial charge in [0, 0.05) is 5.69 Å². The zero-order valence-electron chi connectivity index (χ0n) is 8.64. The van der Waals surface area contributed by atoms with Crippen LogP contribution in [0.1, 0.15) is 0 Å². The molecule has 1 heterocycles. The number of aromatic nitrogens is 2. The standard InChI is InChI=1S/C10H9N3O4/c11-5-1-2-7-6(3-5)9(16)13(4-8(14)15)10(17)12-7/h1-3H,4,11H2,(H,12,17)(H,14,15). The van der Waals surface area contributed by atoms with E-state index in [2.05, 4.69) is 4.98 Å². The normalized spacial score (nSPS) is 10.6. The summed E-state index contributed by atoms with van der Waals surface area (Å²) in [7, 11) is 0. The number of nitrogens with two attached hydrogens (primary N) is 1. The van der Waals surface area contributed by atoms with Gasteiger partial charge in [-0.2, -0.15) is 0 Å². The number of benzene rings is 1. The van der Waals surface area contributed by atoms with E-state index in [1.165, 1.54) is 12.1 Å². The molecule has 4 N–H and O–H groups in total. The number of carbonyl (C=O) groups is 1. The summed E-state index contributed by atoms with van der Waals surface area (Å²) >= 11 is 0. The second-order valence-corrected chi connectivity index (χ2v) is 3.52. The Bertz CT molecular complexity index is 714. The Kier molecular flexibility index (Phi) is 2.43. The average Bonchev–Trinajstić information content (AvgIpc) is 2.25. The molecule has 0 saturated heterocycles. The Labute approximate surface area is 94.1 Å². The molecule has 0 amide bonds. The number of carboxylic acid groups (broad SMARTS) is 1. The molecule has 17 heavy (non-hydrogen) atoms. The highest BCUT2D eigenvalue weighted by Crippen LogP contribution is 2.09. The number of aromatic amines is 1. The van der Waals surface area contributed by atoms with Crippen molar-refractivity contribution in [1.29, 1.82) is 0 Å². The molecule has 0 aliphatic rings. The lowest BCUT2D eigenvalue weighted by Gasteiger charge is -2.04. The van der Waals surface area contributed by atoms with Gasteiger partial charge in [-0.1, -0.05) is 0 Å². The molecular weight excluding hydrogens is 226 g/mol. The van der Waals surface area contributed by atoms with Gasteiger partial charge in [0.15, 0.2) is 0 Å². The Morgan fingerprint density at radius 1 is 1.41 bits per heavy atom. The van der Waals surface area contributed by atoms with Crippen LogP contribution in [-0.4, -0.2) is 20.6 Å². The van der Waals surface area contributed by atoms with Crippen molar-refractivity contribution < 1.29 is 9.90 Å². The van der Waals surface area contributed by atoms with E-state index >= 15 is 0 Å². The minimum atomic E-state index is -1.26. The molecule has 7 heteroatoms. The van der Waals surface area contributed by atoms with Crippen molar-refractivity contribution in [1.82, 2.24) is 9.55 Å². The molecule has 0 atom stereocenters. The first-order valence-electron chi connectivity index (χ1n) is 4.73. The number of nitrogens with one attached hydrogen (secondary N) is 1. The molecule has 2 rings (SSSR count). The Hall–Kier alpha value is -2.57. The van der Waals surface area contributed by atoms with E-state index in [4.69, 9.17) is 10.8 Å². The molecule has 88 valence electrons. The molecule has 0 saturated carbocycles. The van der Waals surface area contributed by atoms with Crippen LogP contribution in [0.15, 0.2) is 27.8 Å². The minimum Gasteiger partial charge on any atom is -0.480 e. The van der Waals surface area contributed by atoms with Crippen LogP contribution < -0.4 is 17.0 Å². The molecule has 0 radical (unpaired) electrons. The number of fused-ring (bicyclic) bond motifs is 1. The topological polar surface area (TPSA) is 118 Å². The van der Waals surface area contributed by atoms with E-state index in [0.717, 1.165) is 0 Å². The lowest BCUT2D eigenvalue weighted by molar-refractivity contribution is -0.137. The largest absolute Gasteiger partial charge is 0.480 e. The highest BCUT2D eigenvalue weighted by Gasteiger charge is 2.10. The number of nitrogens with zero attached hydrogens (tertiary/aromatic N) is 1. The monoisotopic (exact) mass is 235 g/mol. The van der Waals surface area contributed by atoms with Gasteiger partial charge in [-0.25, -0.2) is 9.36 Å². The molecular formula is C10H9N3O4. The van der Waals surface area contributed by atoms with Crippen molar-refractivity contribution in [3.63, 3.8) is 0 Å². The molecule has 0 unspecified atom stereocenters. The van der Waals surface area contributed by atoms with Gasteiger partial charge in [-0.3, -0.25) is 9.59 Å². The van der Waals surface area contributed by atoms with Crippen molar-refractivity contribution in [2.24, 2.45) is 0 Å². The van der Waals surface area contributed by atoms with Crippen molar-refractivity contribution in [2.75, 3.05) is 5.73 Å². The number of aliphatic carboxylic acids is 1. The number of anilines is 1. The van der Waals surface area contributed by atoms with Gasteiger partial charge in [-0.05, 0) is 18.2 Å². The van der Waals surface area contributed by atoms with Crippen LogP contribution in [0, 0.1) is 0 Å². The Morgan fingerprint density at radius 3 is 2.76 bits per heavy atom. The van der Waals surface area contributed by atoms with E-state index in [-0.39, 0.29) is 5.39 Å². The first-order valence-corrected chi connectivity index (χ1v) is 4.73. The Morgan fingerprint density at radius 2 is 2.12 bits per heavy atom. The number of H-pyrrole nitrogens is 1. The summed E-state index contributed by atoms with van der Waals surface area (Å²) in [5, 5.41) is 8.79. The van der Waals surface area contributed by atoms with Crippen molar-refractivity contribution in [3.8, 4) is 0 Å². The molecule has 0 fully saturated rings. The summed E-state index contributed by atoms with van der Waals surface area (Å²) in [5.74, 6) is -1.26. The van der Waals surface area contributed by atoms with Gasteiger partial charge in [0.05, 0.1) is 10.9 Å². The van der Waals surface area contributed by atoms with E-state index in [1.807, 2.05) is 0 Å². The molecule has 1 aromatic heterocycles. The lowest BCUT2D eigenvalue weighted by atomic mass is 10.2. The number of hydrogen-bond acceptors (Lipinski definition) is 4. The van der Waals surface area contributed by atoms with E-state index in [1.54, 1.807) is 6.07 Å². The summed E-state index contributed by atoms with van der Waals surface area (Å²) in [6.45, 7) is -0.682. The number of nitrogen functional groups attached to an aromatic ring is 1. The van der Waals surface area contributed by atoms with Crippen LogP contribution in [0.2, 0.25) is 0 Å². The van der Waals surface area contributed by atoms with Gasteiger partial charge >= 0.3 is 11.7 Å². The number of carboxylic acids is 1. The van der Waals surface area contributed by atoms with E-state index in [9.17, 15) is 14.4 Å². The zero-order chi connectivity index (χ0) is 12.6. The maximum atomic E-state index is 11.9. The molecule has 0 aliphatic heterocycles. The molecule has 2 aromatic rings. The smallest absolute Gasteiger partial charge is 0.329 e. The molecule has 0 bridgehead atoms. The first-order chi connectivity index (χ1) is 7.99. The Balaban J connectivity index is 2.83. The summed E-state index contributed by atoms with van der Waals surface area (Å²) in [4.78, 5) is 36.3. The first kappa shape index (κ1) is 10.9. The van der Waals surface area contributed by atoms with Crippen LogP contribution in [0.3, 0.4) is 0 Å². The van der Waals surface area contributed by atoms with Crippen molar-refractivity contribution in [2.45, 2.75) is 6.54 Å². The average molecular weight is 235 g/mol. The van der Waals surface area contributed by atoms with Gasteiger partial charge in [0.25, 0.3) is 5.56 Å². The summed E-state index contributed by atoms with van der Waals surface area (Å²) < 4.78 is 0.615. The van der Waals surface area contributed by atoms with E-state index in [0.29, 0.717) is 15.8 Å². The predicted octanol–water partition coefficient (Wildman–Crippen LogP) is -0.643. The molecule has 7 nitrogen and oxygen atoms in total. The third-order valence-corrected chi connectivity index (χ3v) is 2.30. The lowest BCUT2D eigenvalue weighted by Crippen LogP contribution is -2.37. The van der Waals surface area contributed by atoms with Gasteiger partial charge in [0.2, 0.25) is 0 Å². The zero-order valence-corrected chi connectivity index (χ0v) is 8.64. The highest BCUT2D eigenvalue weighted by molar-refractivity contribution is 5.81. The SMILES string of the molecule is Nc1ccc2[nH]c(=O)n(CC(=O)O)c(=O)c2c1. The second-order valence-electron chi connectivity index (χ2n) is 3.52. The third-order valence-electron chi connectivity index (χ3n) is 2.30.